The molecule has 3 aromatic rings. The first kappa shape index (κ1) is 21.3. The summed E-state index contributed by atoms with van der Waals surface area (Å²) >= 11 is 6.11. The molecule has 0 bridgehead atoms. The molecule has 1 aromatic heterocycles. The van der Waals surface area contributed by atoms with Crippen LogP contribution in [0.15, 0.2) is 42.7 Å². The first-order valence-corrected chi connectivity index (χ1v) is 8.83. The summed E-state index contributed by atoms with van der Waals surface area (Å²) in [6.07, 6.45) is -3.71. The van der Waals surface area contributed by atoms with Crippen LogP contribution in [-0.4, -0.2) is 14.9 Å². The maximum Gasteiger partial charge on any atom is 0.418 e. The molecule has 1 N–H and O–H groups in total. The van der Waals surface area contributed by atoms with E-state index in [1.54, 1.807) is 26.0 Å². The molecule has 0 saturated carbocycles. The van der Waals surface area contributed by atoms with Gasteiger partial charge in [0.25, 0.3) is 0 Å². The summed E-state index contributed by atoms with van der Waals surface area (Å²) in [4.78, 5) is 18.3. The van der Waals surface area contributed by atoms with Crippen molar-refractivity contribution in [1.82, 2.24) is 9.97 Å². The summed E-state index contributed by atoms with van der Waals surface area (Å²) in [6.45, 7) is 3.47. The standard InChI is InChI=1S/C19H14ClF3N4O3/c1-10-7-12(8-11(2)15(10)20)30-18-16(27(28)29)17(24-9-25-18)26-14-6-4-3-5-13(14)19(21,22)23/h3-9H,1-2H3,(H,24,25,26). The molecule has 0 amide bonds. The third-order valence-electron chi connectivity index (χ3n) is 4.08. The predicted octanol–water partition coefficient (Wildman–Crippen LogP) is 6.21. The van der Waals surface area contributed by atoms with E-state index in [1.165, 1.54) is 12.1 Å². The third-order valence-corrected chi connectivity index (χ3v) is 4.68. The summed E-state index contributed by atoms with van der Waals surface area (Å²) in [7, 11) is 0. The van der Waals surface area contributed by atoms with E-state index in [-0.39, 0.29) is 5.75 Å². The van der Waals surface area contributed by atoms with Gasteiger partial charge in [0.15, 0.2) is 0 Å². The van der Waals surface area contributed by atoms with Gasteiger partial charge in [-0.1, -0.05) is 23.7 Å². The minimum absolute atomic E-state index is 0.234. The van der Waals surface area contributed by atoms with Crippen LogP contribution in [0.2, 0.25) is 5.02 Å². The van der Waals surface area contributed by atoms with Gasteiger partial charge in [0.05, 0.1) is 16.2 Å². The first-order chi connectivity index (χ1) is 14.1. The zero-order chi connectivity index (χ0) is 22.1. The van der Waals surface area contributed by atoms with Gasteiger partial charge in [0.2, 0.25) is 5.82 Å². The van der Waals surface area contributed by atoms with Crippen LogP contribution in [0.4, 0.5) is 30.4 Å². The Morgan fingerprint density at radius 2 is 1.77 bits per heavy atom. The molecule has 0 spiro atoms. The number of ether oxygens (including phenoxy) is 1. The van der Waals surface area contributed by atoms with E-state index in [0.29, 0.717) is 16.1 Å². The van der Waals surface area contributed by atoms with Gasteiger partial charge in [0, 0.05) is 5.02 Å². The van der Waals surface area contributed by atoms with Gasteiger partial charge < -0.3 is 10.1 Å². The summed E-state index contributed by atoms with van der Waals surface area (Å²) in [6, 6.07) is 7.69. The number of alkyl halides is 3. The van der Waals surface area contributed by atoms with Crippen LogP contribution in [0.25, 0.3) is 0 Å². The number of benzene rings is 2. The highest BCUT2D eigenvalue weighted by molar-refractivity contribution is 6.32. The Morgan fingerprint density at radius 1 is 1.13 bits per heavy atom. The van der Waals surface area contributed by atoms with Crippen molar-refractivity contribution >= 4 is 28.8 Å². The minimum atomic E-state index is -4.66. The number of aromatic nitrogens is 2. The maximum absolute atomic E-state index is 13.2. The molecule has 0 fully saturated rings. The van der Waals surface area contributed by atoms with Gasteiger partial charge in [-0.3, -0.25) is 10.1 Å². The Labute approximate surface area is 173 Å². The van der Waals surface area contributed by atoms with Crippen LogP contribution in [0.3, 0.4) is 0 Å². The third kappa shape index (κ3) is 4.43. The molecular weight excluding hydrogens is 425 g/mol. The molecule has 7 nitrogen and oxygen atoms in total. The van der Waals surface area contributed by atoms with Crippen molar-refractivity contribution < 1.29 is 22.8 Å². The molecule has 30 heavy (non-hydrogen) atoms. The molecule has 0 radical (unpaired) electrons. The molecule has 0 unspecified atom stereocenters. The molecule has 1 heterocycles. The van der Waals surface area contributed by atoms with E-state index >= 15 is 0 Å². The highest BCUT2D eigenvalue weighted by Gasteiger charge is 2.34. The van der Waals surface area contributed by atoms with Gasteiger partial charge in [-0.15, -0.1) is 0 Å². The topological polar surface area (TPSA) is 90.2 Å². The zero-order valence-corrected chi connectivity index (χ0v) is 16.4. The summed E-state index contributed by atoms with van der Waals surface area (Å²) in [5.74, 6) is -0.634. The van der Waals surface area contributed by atoms with E-state index in [2.05, 4.69) is 15.3 Å². The number of anilines is 2. The summed E-state index contributed by atoms with van der Waals surface area (Å²) < 4.78 is 45.3. The molecular formula is C19H14ClF3N4O3. The Hall–Kier alpha value is -3.40. The Bertz CT molecular complexity index is 1100. The second-order valence-electron chi connectivity index (χ2n) is 6.27. The van der Waals surface area contributed by atoms with Crippen molar-refractivity contribution in [3.8, 4) is 11.6 Å². The molecule has 11 heteroatoms. The van der Waals surface area contributed by atoms with E-state index < -0.39 is 39.7 Å². The molecule has 0 aliphatic rings. The van der Waals surface area contributed by atoms with Crippen LogP contribution in [0.1, 0.15) is 16.7 Å². The van der Waals surface area contributed by atoms with Crippen LogP contribution >= 0.6 is 11.6 Å². The highest BCUT2D eigenvalue weighted by Crippen LogP contribution is 2.40. The summed E-state index contributed by atoms with van der Waals surface area (Å²) in [5.41, 5.74) is -0.735. The van der Waals surface area contributed by atoms with Gasteiger partial charge in [-0.05, 0) is 49.2 Å². The van der Waals surface area contributed by atoms with Crippen molar-refractivity contribution in [2.24, 2.45) is 0 Å². The van der Waals surface area contributed by atoms with Crippen molar-refractivity contribution in [2.75, 3.05) is 5.32 Å². The molecule has 2 aromatic carbocycles. The van der Waals surface area contributed by atoms with E-state index in [9.17, 15) is 23.3 Å². The molecule has 0 saturated heterocycles. The largest absolute Gasteiger partial charge is 0.434 e. The number of nitro groups is 1. The Kier molecular flexibility index (Phi) is 5.79. The van der Waals surface area contributed by atoms with Gasteiger partial charge >= 0.3 is 17.7 Å². The van der Waals surface area contributed by atoms with Crippen LogP contribution in [0, 0.1) is 24.0 Å². The molecule has 0 aliphatic carbocycles. The van der Waals surface area contributed by atoms with Crippen molar-refractivity contribution in [2.45, 2.75) is 20.0 Å². The van der Waals surface area contributed by atoms with Crippen LogP contribution in [0.5, 0.6) is 11.6 Å². The fraction of sp³-hybridized carbons (Fsp3) is 0.158. The van der Waals surface area contributed by atoms with E-state index in [0.717, 1.165) is 18.5 Å². The number of nitrogens with zero attached hydrogens (tertiary/aromatic N) is 3. The van der Waals surface area contributed by atoms with Crippen molar-refractivity contribution in [3.05, 3.63) is 74.6 Å². The van der Waals surface area contributed by atoms with Crippen molar-refractivity contribution in [1.29, 1.82) is 0 Å². The normalized spacial score (nSPS) is 11.3. The van der Waals surface area contributed by atoms with Crippen LogP contribution in [-0.2, 0) is 6.18 Å². The number of nitrogens with one attached hydrogen (secondary N) is 1. The zero-order valence-electron chi connectivity index (χ0n) is 15.6. The smallest absolute Gasteiger partial charge is 0.418 e. The summed E-state index contributed by atoms with van der Waals surface area (Å²) in [5, 5.41) is 14.5. The second-order valence-corrected chi connectivity index (χ2v) is 6.65. The SMILES string of the molecule is Cc1cc(Oc2ncnc(Nc3ccccc3C(F)(F)F)c2[N+](=O)[O-])cc(C)c1Cl. The number of aryl methyl sites for hydroxylation is 2. The lowest BCUT2D eigenvalue weighted by atomic mass is 10.1. The second kappa shape index (κ2) is 8.15. The molecule has 156 valence electrons. The van der Waals surface area contributed by atoms with Gasteiger partial charge in [-0.2, -0.15) is 18.2 Å². The molecule has 3 rings (SSSR count). The number of para-hydroxylation sites is 1. The lowest BCUT2D eigenvalue weighted by Gasteiger charge is -2.14. The average molecular weight is 439 g/mol. The Balaban J connectivity index is 2.04. The predicted molar refractivity (Wildman–Crippen MR) is 104 cm³/mol. The van der Waals surface area contributed by atoms with Gasteiger partial charge in [-0.25, -0.2) is 4.98 Å². The highest BCUT2D eigenvalue weighted by atomic mass is 35.5. The Morgan fingerprint density at radius 3 is 2.37 bits per heavy atom. The molecule has 0 atom stereocenters. The van der Waals surface area contributed by atoms with Gasteiger partial charge in [0.1, 0.15) is 12.1 Å². The first-order valence-electron chi connectivity index (χ1n) is 8.45. The lowest BCUT2D eigenvalue weighted by Crippen LogP contribution is -2.10. The quantitative estimate of drug-likeness (QED) is 0.376. The van der Waals surface area contributed by atoms with Crippen molar-refractivity contribution in [3.63, 3.8) is 0 Å². The van der Waals surface area contributed by atoms with E-state index in [1.807, 2.05) is 0 Å². The molecule has 0 aliphatic heterocycles. The monoisotopic (exact) mass is 438 g/mol. The lowest BCUT2D eigenvalue weighted by molar-refractivity contribution is -0.385. The van der Waals surface area contributed by atoms with E-state index in [4.69, 9.17) is 16.3 Å². The minimum Gasteiger partial charge on any atom is -0.434 e. The fourth-order valence-corrected chi connectivity index (χ4v) is 2.85. The number of halogens is 4. The maximum atomic E-state index is 13.2. The number of hydrogen-bond donors (Lipinski definition) is 1. The van der Waals surface area contributed by atoms with Crippen LogP contribution < -0.4 is 10.1 Å². The number of rotatable bonds is 5. The fourth-order valence-electron chi connectivity index (χ4n) is 2.74. The average Bonchev–Trinajstić information content (AvgIpc) is 2.65. The number of hydrogen-bond acceptors (Lipinski definition) is 6.